The molecule has 0 fully saturated rings. The van der Waals surface area contributed by atoms with Crippen molar-refractivity contribution in [1.82, 2.24) is 10.3 Å². The monoisotopic (exact) mass is 254 g/mol. The van der Waals surface area contributed by atoms with Gasteiger partial charge in [0.05, 0.1) is 6.04 Å². The standard InChI is InChI=1S/C12H12F2N2S/c1-8(12-15-4-5-17-12)16-7-9-2-3-10(13)11(14)6-9/h2-6,8,16H,7H2,1H3. The second-order valence-corrected chi connectivity index (χ2v) is 4.65. The Morgan fingerprint density at radius 2 is 2.18 bits per heavy atom. The van der Waals surface area contributed by atoms with Crippen molar-refractivity contribution in [2.75, 3.05) is 0 Å². The van der Waals surface area contributed by atoms with Crippen molar-refractivity contribution < 1.29 is 8.78 Å². The summed E-state index contributed by atoms with van der Waals surface area (Å²) in [6, 6.07) is 4.01. The summed E-state index contributed by atoms with van der Waals surface area (Å²) in [5, 5.41) is 6.09. The number of thiazole rings is 1. The van der Waals surface area contributed by atoms with Gasteiger partial charge >= 0.3 is 0 Å². The van der Waals surface area contributed by atoms with Crippen molar-refractivity contribution >= 4 is 11.3 Å². The number of nitrogens with one attached hydrogen (secondary N) is 1. The van der Waals surface area contributed by atoms with E-state index in [1.807, 2.05) is 12.3 Å². The van der Waals surface area contributed by atoms with Crippen LogP contribution in [0.25, 0.3) is 0 Å². The fourth-order valence-corrected chi connectivity index (χ4v) is 2.13. The van der Waals surface area contributed by atoms with Gasteiger partial charge in [0.15, 0.2) is 11.6 Å². The molecule has 1 aromatic carbocycles. The molecule has 0 aliphatic carbocycles. The molecule has 1 atom stereocenters. The summed E-state index contributed by atoms with van der Waals surface area (Å²) in [5.41, 5.74) is 0.715. The second-order valence-electron chi connectivity index (χ2n) is 3.72. The highest BCUT2D eigenvalue weighted by Gasteiger charge is 2.08. The smallest absolute Gasteiger partial charge is 0.159 e. The van der Waals surface area contributed by atoms with Crippen LogP contribution in [0.1, 0.15) is 23.5 Å². The van der Waals surface area contributed by atoms with Crippen LogP contribution in [0.5, 0.6) is 0 Å². The van der Waals surface area contributed by atoms with E-state index in [1.165, 1.54) is 6.07 Å². The van der Waals surface area contributed by atoms with Crippen LogP contribution in [0.4, 0.5) is 8.78 Å². The van der Waals surface area contributed by atoms with E-state index in [9.17, 15) is 8.78 Å². The third kappa shape index (κ3) is 3.08. The third-order valence-electron chi connectivity index (χ3n) is 2.42. The highest BCUT2D eigenvalue weighted by Crippen LogP contribution is 2.16. The van der Waals surface area contributed by atoms with Crippen molar-refractivity contribution in [3.8, 4) is 0 Å². The lowest BCUT2D eigenvalue weighted by molar-refractivity contribution is 0.503. The first kappa shape index (κ1) is 12.1. The van der Waals surface area contributed by atoms with Gasteiger partial charge in [-0.25, -0.2) is 13.8 Å². The van der Waals surface area contributed by atoms with Gasteiger partial charge in [0, 0.05) is 18.1 Å². The van der Waals surface area contributed by atoms with Gasteiger partial charge in [-0.15, -0.1) is 11.3 Å². The zero-order valence-corrected chi connectivity index (χ0v) is 10.1. The minimum absolute atomic E-state index is 0.100. The maximum Gasteiger partial charge on any atom is 0.159 e. The molecule has 1 aromatic heterocycles. The van der Waals surface area contributed by atoms with E-state index in [0.717, 1.165) is 11.1 Å². The molecule has 0 spiro atoms. The van der Waals surface area contributed by atoms with Gasteiger partial charge in [0.1, 0.15) is 5.01 Å². The molecule has 2 aromatic rings. The van der Waals surface area contributed by atoms with E-state index in [4.69, 9.17) is 0 Å². The number of aromatic nitrogens is 1. The zero-order valence-electron chi connectivity index (χ0n) is 9.28. The van der Waals surface area contributed by atoms with Gasteiger partial charge in [-0.2, -0.15) is 0 Å². The summed E-state index contributed by atoms with van der Waals surface area (Å²) in [5.74, 6) is -1.63. The van der Waals surface area contributed by atoms with Crippen LogP contribution >= 0.6 is 11.3 Å². The number of hydrogen-bond acceptors (Lipinski definition) is 3. The van der Waals surface area contributed by atoms with Crippen LogP contribution in [0.15, 0.2) is 29.8 Å². The molecule has 1 N–H and O–H groups in total. The Kier molecular flexibility index (Phi) is 3.81. The fourth-order valence-electron chi connectivity index (χ4n) is 1.46. The van der Waals surface area contributed by atoms with Gasteiger partial charge in [-0.3, -0.25) is 0 Å². The summed E-state index contributed by atoms with van der Waals surface area (Å²) in [6.07, 6.45) is 1.75. The highest BCUT2D eigenvalue weighted by atomic mass is 32.1. The molecule has 0 saturated heterocycles. The van der Waals surface area contributed by atoms with E-state index in [2.05, 4.69) is 10.3 Å². The first-order chi connectivity index (χ1) is 8.16. The quantitative estimate of drug-likeness (QED) is 0.905. The largest absolute Gasteiger partial charge is 0.304 e. The van der Waals surface area contributed by atoms with Gasteiger partial charge in [-0.05, 0) is 24.6 Å². The number of nitrogens with zero attached hydrogens (tertiary/aromatic N) is 1. The number of benzene rings is 1. The molecule has 0 amide bonds. The van der Waals surface area contributed by atoms with Crippen molar-refractivity contribution in [1.29, 1.82) is 0 Å². The Bertz CT molecular complexity index is 485. The summed E-state index contributed by atoms with van der Waals surface area (Å²) in [4.78, 5) is 4.18. The molecule has 0 saturated carbocycles. The number of halogens is 2. The fraction of sp³-hybridized carbons (Fsp3) is 0.250. The first-order valence-corrected chi connectivity index (χ1v) is 6.11. The molecule has 1 heterocycles. The molecule has 5 heteroatoms. The Morgan fingerprint density at radius 3 is 2.82 bits per heavy atom. The predicted molar refractivity (Wildman–Crippen MR) is 63.7 cm³/mol. The molecule has 0 radical (unpaired) electrons. The van der Waals surface area contributed by atoms with E-state index >= 15 is 0 Å². The van der Waals surface area contributed by atoms with Crippen LogP contribution in [-0.2, 0) is 6.54 Å². The van der Waals surface area contributed by atoms with Gasteiger partial charge in [0.2, 0.25) is 0 Å². The summed E-state index contributed by atoms with van der Waals surface area (Å²) >= 11 is 1.56. The van der Waals surface area contributed by atoms with Crippen LogP contribution in [-0.4, -0.2) is 4.98 Å². The highest BCUT2D eigenvalue weighted by molar-refractivity contribution is 7.09. The van der Waals surface area contributed by atoms with Crippen molar-refractivity contribution in [3.63, 3.8) is 0 Å². The summed E-state index contributed by atoms with van der Waals surface area (Å²) < 4.78 is 25.7. The average Bonchev–Trinajstić information content (AvgIpc) is 2.84. The molecule has 2 rings (SSSR count). The second kappa shape index (κ2) is 5.33. The van der Waals surface area contributed by atoms with E-state index in [0.29, 0.717) is 12.1 Å². The average molecular weight is 254 g/mol. The summed E-state index contributed by atoms with van der Waals surface area (Å²) in [6.45, 7) is 2.47. The molecule has 0 aliphatic rings. The van der Waals surface area contributed by atoms with Crippen LogP contribution in [0.3, 0.4) is 0 Å². The number of rotatable bonds is 4. The van der Waals surface area contributed by atoms with Gasteiger partial charge < -0.3 is 5.32 Å². The van der Waals surface area contributed by atoms with E-state index in [-0.39, 0.29) is 6.04 Å². The maximum absolute atomic E-state index is 13.0. The third-order valence-corrected chi connectivity index (χ3v) is 3.38. The Hall–Kier alpha value is -1.33. The SMILES string of the molecule is CC(NCc1ccc(F)c(F)c1)c1nccs1. The van der Waals surface area contributed by atoms with Crippen molar-refractivity contribution in [2.45, 2.75) is 19.5 Å². The summed E-state index contributed by atoms with van der Waals surface area (Å²) in [7, 11) is 0. The Balaban J connectivity index is 1.96. The van der Waals surface area contributed by atoms with Gasteiger partial charge in [-0.1, -0.05) is 6.07 Å². The van der Waals surface area contributed by atoms with E-state index < -0.39 is 11.6 Å². The maximum atomic E-state index is 13.0. The van der Waals surface area contributed by atoms with Crippen LogP contribution in [0.2, 0.25) is 0 Å². The minimum atomic E-state index is -0.818. The molecule has 0 aliphatic heterocycles. The van der Waals surface area contributed by atoms with Crippen molar-refractivity contribution in [3.05, 3.63) is 52.0 Å². The molecular formula is C12H12F2N2S. The molecular weight excluding hydrogens is 242 g/mol. The Morgan fingerprint density at radius 1 is 1.35 bits per heavy atom. The number of hydrogen-bond donors (Lipinski definition) is 1. The molecule has 17 heavy (non-hydrogen) atoms. The van der Waals surface area contributed by atoms with Crippen LogP contribution in [0, 0.1) is 11.6 Å². The van der Waals surface area contributed by atoms with Gasteiger partial charge in [0.25, 0.3) is 0 Å². The van der Waals surface area contributed by atoms with Crippen LogP contribution < -0.4 is 5.32 Å². The lowest BCUT2D eigenvalue weighted by atomic mass is 10.2. The predicted octanol–water partition coefficient (Wildman–Crippen LogP) is 3.27. The molecule has 90 valence electrons. The molecule has 0 bridgehead atoms. The topological polar surface area (TPSA) is 24.9 Å². The van der Waals surface area contributed by atoms with Crippen molar-refractivity contribution in [2.24, 2.45) is 0 Å². The minimum Gasteiger partial charge on any atom is -0.304 e. The molecule has 2 nitrogen and oxygen atoms in total. The lowest BCUT2D eigenvalue weighted by Crippen LogP contribution is -2.18. The first-order valence-electron chi connectivity index (χ1n) is 5.23. The zero-order chi connectivity index (χ0) is 12.3. The van der Waals surface area contributed by atoms with E-state index in [1.54, 1.807) is 23.6 Å². The lowest BCUT2D eigenvalue weighted by Gasteiger charge is -2.11. The molecule has 1 unspecified atom stereocenters. The Labute approximate surface area is 102 Å². The normalized spacial score (nSPS) is 12.6.